The highest BCUT2D eigenvalue weighted by Crippen LogP contribution is 2.11. The topological polar surface area (TPSA) is 66.9 Å². The van der Waals surface area contributed by atoms with Crippen LogP contribution in [0.3, 0.4) is 0 Å². The van der Waals surface area contributed by atoms with E-state index in [-0.39, 0.29) is 0 Å². The third kappa shape index (κ3) is 3.67. The molecule has 0 saturated heterocycles. The highest BCUT2D eigenvalue weighted by atomic mass is 32.1. The first kappa shape index (κ1) is 14.6. The molecule has 0 radical (unpaired) electrons. The Morgan fingerprint density at radius 1 is 1.45 bits per heavy atom. The van der Waals surface area contributed by atoms with Crippen LogP contribution < -0.4 is 10.6 Å². The number of rotatable bonds is 6. The fourth-order valence-electron chi connectivity index (χ4n) is 2.11. The number of thiazole rings is 1. The monoisotopic (exact) mass is 317 g/mol. The smallest absolute Gasteiger partial charge is 0.193 e. The van der Waals surface area contributed by atoms with Crippen molar-refractivity contribution in [1.82, 2.24) is 20.0 Å². The Morgan fingerprint density at radius 2 is 2.41 bits per heavy atom. The van der Waals surface area contributed by atoms with E-state index in [4.69, 9.17) is 4.42 Å². The molecule has 7 heteroatoms. The lowest BCUT2D eigenvalue weighted by Gasteiger charge is -2.10. The molecule has 3 heterocycles. The van der Waals surface area contributed by atoms with Crippen LogP contribution in [0.25, 0.3) is 4.96 Å². The van der Waals surface area contributed by atoms with Gasteiger partial charge in [0.2, 0.25) is 0 Å². The van der Waals surface area contributed by atoms with Crippen LogP contribution in [0.2, 0.25) is 0 Å². The van der Waals surface area contributed by atoms with Gasteiger partial charge in [-0.1, -0.05) is 0 Å². The van der Waals surface area contributed by atoms with Gasteiger partial charge in [-0.3, -0.25) is 4.40 Å². The minimum atomic E-state index is 0.560. The first-order valence-electron chi connectivity index (χ1n) is 7.31. The number of nitrogens with one attached hydrogen (secondary N) is 2. The molecule has 116 valence electrons. The van der Waals surface area contributed by atoms with Gasteiger partial charge in [0.15, 0.2) is 10.9 Å². The van der Waals surface area contributed by atoms with Gasteiger partial charge in [-0.05, 0) is 19.1 Å². The number of nitrogens with zero attached hydrogens (tertiary/aromatic N) is 3. The minimum Gasteiger partial charge on any atom is -0.469 e. The Morgan fingerprint density at radius 3 is 3.18 bits per heavy atom. The number of imidazole rings is 1. The van der Waals surface area contributed by atoms with Crippen LogP contribution in [0.1, 0.15) is 18.4 Å². The van der Waals surface area contributed by atoms with Crippen LogP contribution in [0.5, 0.6) is 0 Å². The summed E-state index contributed by atoms with van der Waals surface area (Å²) in [6.45, 7) is 4.21. The summed E-state index contributed by atoms with van der Waals surface area (Å²) in [5.74, 6) is 1.77. The SMILES string of the molecule is CCNC(=NCc1cn2ccsc2n1)NCCc1ccco1. The first-order valence-corrected chi connectivity index (χ1v) is 8.19. The maximum atomic E-state index is 5.32. The van der Waals surface area contributed by atoms with Gasteiger partial charge < -0.3 is 15.1 Å². The number of hydrogen-bond donors (Lipinski definition) is 2. The first-order chi connectivity index (χ1) is 10.8. The lowest BCUT2D eigenvalue weighted by molar-refractivity contribution is 0.507. The molecule has 0 fully saturated rings. The van der Waals surface area contributed by atoms with Crippen molar-refractivity contribution >= 4 is 22.3 Å². The zero-order valence-corrected chi connectivity index (χ0v) is 13.3. The molecule has 22 heavy (non-hydrogen) atoms. The lowest BCUT2D eigenvalue weighted by Crippen LogP contribution is -2.38. The van der Waals surface area contributed by atoms with Crippen LogP contribution in [0.15, 0.2) is 45.6 Å². The Hall–Kier alpha value is -2.28. The van der Waals surface area contributed by atoms with Crippen LogP contribution in [0, 0.1) is 0 Å². The molecule has 0 aromatic carbocycles. The molecule has 0 atom stereocenters. The number of furan rings is 1. The molecule has 0 spiro atoms. The molecule has 0 saturated carbocycles. The summed E-state index contributed by atoms with van der Waals surface area (Å²) in [4.78, 5) is 10.1. The van der Waals surface area contributed by atoms with Crippen LogP contribution >= 0.6 is 11.3 Å². The predicted molar refractivity (Wildman–Crippen MR) is 88.3 cm³/mol. The van der Waals surface area contributed by atoms with E-state index in [1.54, 1.807) is 17.6 Å². The van der Waals surface area contributed by atoms with Gasteiger partial charge >= 0.3 is 0 Å². The van der Waals surface area contributed by atoms with E-state index < -0.39 is 0 Å². The van der Waals surface area contributed by atoms with Gasteiger partial charge in [0.1, 0.15) is 5.76 Å². The number of fused-ring (bicyclic) bond motifs is 1. The number of aliphatic imine (C=N–C) groups is 1. The van der Waals surface area contributed by atoms with Gasteiger partial charge in [-0.2, -0.15) is 0 Å². The molecule has 2 N–H and O–H groups in total. The van der Waals surface area contributed by atoms with Gasteiger partial charge in [0, 0.05) is 37.3 Å². The molecule has 0 unspecified atom stereocenters. The van der Waals surface area contributed by atoms with E-state index in [1.807, 2.05) is 34.3 Å². The zero-order chi connectivity index (χ0) is 15.2. The zero-order valence-electron chi connectivity index (χ0n) is 12.5. The second-order valence-electron chi connectivity index (χ2n) is 4.78. The molecular formula is C15H19N5OS. The second kappa shape index (κ2) is 7.13. The Labute approximate surface area is 132 Å². The van der Waals surface area contributed by atoms with E-state index >= 15 is 0 Å². The van der Waals surface area contributed by atoms with Crippen molar-refractivity contribution in [1.29, 1.82) is 0 Å². The fourth-order valence-corrected chi connectivity index (χ4v) is 2.83. The maximum absolute atomic E-state index is 5.32. The van der Waals surface area contributed by atoms with E-state index in [9.17, 15) is 0 Å². The van der Waals surface area contributed by atoms with E-state index in [1.165, 1.54) is 0 Å². The average molecular weight is 317 g/mol. The summed E-state index contributed by atoms with van der Waals surface area (Å²) in [6, 6.07) is 3.88. The molecule has 3 aromatic rings. The minimum absolute atomic E-state index is 0.560. The molecule has 0 amide bonds. The maximum Gasteiger partial charge on any atom is 0.193 e. The summed E-state index contributed by atoms with van der Waals surface area (Å²) < 4.78 is 7.34. The summed E-state index contributed by atoms with van der Waals surface area (Å²) in [5.41, 5.74) is 0.968. The lowest BCUT2D eigenvalue weighted by atomic mass is 10.3. The quantitative estimate of drug-likeness (QED) is 0.541. The van der Waals surface area contributed by atoms with Crippen LogP contribution in [0.4, 0.5) is 0 Å². The van der Waals surface area contributed by atoms with E-state index in [0.717, 1.165) is 41.9 Å². The molecule has 0 aliphatic rings. The van der Waals surface area contributed by atoms with Gasteiger partial charge in [0.05, 0.1) is 18.5 Å². The molecule has 0 aliphatic carbocycles. The largest absolute Gasteiger partial charge is 0.469 e. The summed E-state index contributed by atoms with van der Waals surface area (Å²) in [6.07, 6.45) is 6.55. The summed E-state index contributed by atoms with van der Waals surface area (Å²) in [7, 11) is 0. The van der Waals surface area contributed by atoms with E-state index in [0.29, 0.717) is 6.54 Å². The molecule has 0 bridgehead atoms. The van der Waals surface area contributed by atoms with Crippen molar-refractivity contribution in [2.45, 2.75) is 19.9 Å². The predicted octanol–water partition coefficient (Wildman–Crippen LogP) is 2.29. The van der Waals surface area contributed by atoms with Crippen molar-refractivity contribution in [3.63, 3.8) is 0 Å². The van der Waals surface area contributed by atoms with Crippen LogP contribution in [-0.2, 0) is 13.0 Å². The summed E-state index contributed by atoms with van der Waals surface area (Å²) in [5, 5.41) is 8.56. The number of aromatic nitrogens is 2. The highest BCUT2D eigenvalue weighted by Gasteiger charge is 2.03. The van der Waals surface area contributed by atoms with Crippen molar-refractivity contribution in [3.05, 3.63) is 47.6 Å². The van der Waals surface area contributed by atoms with Gasteiger partial charge in [-0.25, -0.2) is 9.98 Å². The molecule has 0 aliphatic heterocycles. The number of guanidine groups is 1. The average Bonchev–Trinajstić information content (AvgIpc) is 3.21. The van der Waals surface area contributed by atoms with Gasteiger partial charge in [0.25, 0.3) is 0 Å². The van der Waals surface area contributed by atoms with Crippen molar-refractivity contribution < 1.29 is 4.42 Å². The van der Waals surface area contributed by atoms with Crippen LogP contribution in [-0.4, -0.2) is 28.4 Å². The van der Waals surface area contributed by atoms with Crippen molar-refractivity contribution in [2.75, 3.05) is 13.1 Å². The third-order valence-electron chi connectivity index (χ3n) is 3.13. The van der Waals surface area contributed by atoms with Crippen molar-refractivity contribution in [2.24, 2.45) is 4.99 Å². The van der Waals surface area contributed by atoms with E-state index in [2.05, 4.69) is 27.5 Å². The molecule has 6 nitrogen and oxygen atoms in total. The Bertz CT molecular complexity index is 700. The third-order valence-corrected chi connectivity index (χ3v) is 3.90. The second-order valence-corrected chi connectivity index (χ2v) is 5.65. The van der Waals surface area contributed by atoms with Gasteiger partial charge in [-0.15, -0.1) is 11.3 Å². The molecule has 3 rings (SSSR count). The standard InChI is InChI=1S/C15H19N5OS/c1-2-16-14(17-6-5-13-4-3-8-21-13)18-10-12-11-20-7-9-22-15(20)19-12/h3-4,7-9,11H,2,5-6,10H2,1H3,(H2,16,17,18). The van der Waals surface area contributed by atoms with Crippen molar-refractivity contribution in [3.8, 4) is 0 Å². The fraction of sp³-hybridized carbons (Fsp3) is 0.333. The number of hydrogen-bond acceptors (Lipinski definition) is 4. The normalized spacial score (nSPS) is 12.0. The highest BCUT2D eigenvalue weighted by molar-refractivity contribution is 7.15. The summed E-state index contributed by atoms with van der Waals surface area (Å²) >= 11 is 1.63. The molecule has 3 aromatic heterocycles. The molecular weight excluding hydrogens is 298 g/mol. The Kier molecular flexibility index (Phi) is 4.75. The Balaban J connectivity index is 1.55.